The summed E-state index contributed by atoms with van der Waals surface area (Å²) >= 11 is 0. The van der Waals surface area contributed by atoms with E-state index in [1.807, 2.05) is 13.8 Å². The largest absolute Gasteiger partial charge is 0.353 e. The Balaban J connectivity index is 2.18. The number of piperazine rings is 1. The average Bonchev–Trinajstić information content (AvgIpc) is 2.51. The van der Waals surface area contributed by atoms with Gasteiger partial charge in [0.25, 0.3) is 0 Å². The first-order chi connectivity index (χ1) is 10.9. The molecule has 1 saturated heterocycles. The fourth-order valence-corrected chi connectivity index (χ4v) is 2.72. The van der Waals surface area contributed by atoms with Gasteiger partial charge < -0.3 is 15.5 Å². The number of nitrogens with one attached hydrogen (secondary N) is 2. The van der Waals surface area contributed by atoms with E-state index < -0.39 is 6.04 Å². The molecule has 0 unspecified atom stereocenters. The van der Waals surface area contributed by atoms with Crippen LogP contribution in [0.2, 0.25) is 0 Å². The Hall–Kier alpha value is -2.55. The third-order valence-electron chi connectivity index (χ3n) is 3.98. The molecule has 0 aromatic heterocycles. The molecule has 0 radical (unpaired) electrons. The monoisotopic (exact) mass is 314 g/mol. The van der Waals surface area contributed by atoms with Crippen molar-refractivity contribution in [1.82, 2.24) is 10.2 Å². The summed E-state index contributed by atoms with van der Waals surface area (Å²) in [7, 11) is 0. The second kappa shape index (κ2) is 7.14. The van der Waals surface area contributed by atoms with Gasteiger partial charge in [-0.05, 0) is 37.0 Å². The zero-order valence-electron chi connectivity index (χ0n) is 13.7. The van der Waals surface area contributed by atoms with Crippen molar-refractivity contribution < 1.29 is 9.59 Å². The molecule has 122 valence electrons. The Bertz CT molecular complexity index is 648. The predicted molar refractivity (Wildman–Crippen MR) is 87.9 cm³/mol. The fraction of sp³-hybridized carbons (Fsp3) is 0.471. The minimum Gasteiger partial charge on any atom is -0.353 e. The molecule has 1 atom stereocenters. The lowest BCUT2D eigenvalue weighted by Crippen LogP contribution is -2.58. The van der Waals surface area contributed by atoms with Gasteiger partial charge in [0.2, 0.25) is 5.91 Å². The molecule has 0 spiro atoms. The van der Waals surface area contributed by atoms with Gasteiger partial charge in [0.1, 0.15) is 6.04 Å². The molecule has 0 bridgehead atoms. The van der Waals surface area contributed by atoms with E-state index in [1.54, 1.807) is 30.0 Å². The SMILES string of the molecule is Cc1c(C#N)cccc1NC(=O)N1CCNC(=O)[C@H]1CC(C)C. The van der Waals surface area contributed by atoms with Crippen LogP contribution in [0.3, 0.4) is 0 Å². The number of amides is 3. The van der Waals surface area contributed by atoms with Crippen LogP contribution in [0.15, 0.2) is 18.2 Å². The van der Waals surface area contributed by atoms with Gasteiger partial charge in [-0.2, -0.15) is 5.26 Å². The van der Waals surface area contributed by atoms with Crippen molar-refractivity contribution in [2.75, 3.05) is 18.4 Å². The first-order valence-corrected chi connectivity index (χ1v) is 7.79. The summed E-state index contributed by atoms with van der Waals surface area (Å²) in [5.41, 5.74) is 1.85. The van der Waals surface area contributed by atoms with Crippen LogP contribution in [0.1, 0.15) is 31.4 Å². The lowest BCUT2D eigenvalue weighted by molar-refractivity contribution is -0.128. The topological polar surface area (TPSA) is 85.2 Å². The van der Waals surface area contributed by atoms with Crippen LogP contribution in [-0.2, 0) is 4.79 Å². The van der Waals surface area contributed by atoms with E-state index in [1.165, 1.54) is 0 Å². The highest BCUT2D eigenvalue weighted by Gasteiger charge is 2.33. The van der Waals surface area contributed by atoms with Gasteiger partial charge in [-0.1, -0.05) is 19.9 Å². The highest BCUT2D eigenvalue weighted by molar-refractivity contribution is 5.95. The minimum absolute atomic E-state index is 0.109. The molecule has 1 heterocycles. The van der Waals surface area contributed by atoms with Gasteiger partial charge in [0, 0.05) is 18.8 Å². The number of rotatable bonds is 3. The van der Waals surface area contributed by atoms with E-state index in [0.717, 1.165) is 5.56 Å². The van der Waals surface area contributed by atoms with E-state index in [4.69, 9.17) is 5.26 Å². The van der Waals surface area contributed by atoms with Crippen LogP contribution in [0.25, 0.3) is 0 Å². The number of nitriles is 1. The standard InChI is InChI=1S/C17H22N4O2/c1-11(2)9-15-16(22)19-7-8-21(15)17(23)20-14-6-4-5-13(10-18)12(14)3/h4-6,11,15H,7-9H2,1-3H3,(H,19,22)(H,20,23)/t15-/m1/s1. The van der Waals surface area contributed by atoms with Crippen molar-refractivity contribution in [1.29, 1.82) is 5.26 Å². The minimum atomic E-state index is -0.455. The molecule has 6 heteroatoms. The summed E-state index contributed by atoms with van der Waals surface area (Å²) in [4.78, 5) is 26.3. The maximum Gasteiger partial charge on any atom is 0.322 e. The normalized spacial score (nSPS) is 17.6. The van der Waals surface area contributed by atoms with E-state index in [0.29, 0.717) is 36.7 Å². The molecule has 1 aromatic carbocycles. The van der Waals surface area contributed by atoms with Crippen molar-refractivity contribution in [3.05, 3.63) is 29.3 Å². The van der Waals surface area contributed by atoms with Crippen LogP contribution in [0.4, 0.5) is 10.5 Å². The van der Waals surface area contributed by atoms with Crippen LogP contribution in [-0.4, -0.2) is 36.0 Å². The Kier molecular flexibility index (Phi) is 5.22. The van der Waals surface area contributed by atoms with Crippen LogP contribution < -0.4 is 10.6 Å². The maximum absolute atomic E-state index is 12.6. The summed E-state index contributed by atoms with van der Waals surface area (Å²) < 4.78 is 0. The van der Waals surface area contributed by atoms with Crippen molar-refractivity contribution in [3.8, 4) is 6.07 Å². The van der Waals surface area contributed by atoms with Gasteiger partial charge >= 0.3 is 6.03 Å². The second-order valence-corrected chi connectivity index (χ2v) is 6.15. The summed E-state index contributed by atoms with van der Waals surface area (Å²) in [5.74, 6) is 0.199. The molecule has 3 amide bonds. The summed E-state index contributed by atoms with van der Waals surface area (Å²) in [5, 5.41) is 14.7. The molecule has 2 N–H and O–H groups in total. The molecule has 1 aliphatic heterocycles. The fourth-order valence-electron chi connectivity index (χ4n) is 2.72. The van der Waals surface area contributed by atoms with Crippen molar-refractivity contribution >= 4 is 17.6 Å². The number of benzene rings is 1. The van der Waals surface area contributed by atoms with Gasteiger partial charge in [0.05, 0.1) is 11.6 Å². The van der Waals surface area contributed by atoms with E-state index in [-0.39, 0.29) is 11.9 Å². The van der Waals surface area contributed by atoms with Crippen molar-refractivity contribution in [2.45, 2.75) is 33.2 Å². The summed E-state index contributed by atoms with van der Waals surface area (Å²) in [6.07, 6.45) is 0.621. The molecular weight excluding hydrogens is 292 g/mol. The molecule has 1 aliphatic rings. The molecule has 1 aromatic rings. The first-order valence-electron chi connectivity index (χ1n) is 7.79. The lowest BCUT2D eigenvalue weighted by atomic mass is 10.0. The molecule has 2 rings (SSSR count). The highest BCUT2D eigenvalue weighted by Crippen LogP contribution is 2.21. The number of anilines is 1. The Morgan fingerprint density at radius 3 is 2.91 bits per heavy atom. The Morgan fingerprint density at radius 1 is 1.52 bits per heavy atom. The average molecular weight is 314 g/mol. The van der Waals surface area contributed by atoms with Crippen LogP contribution in [0.5, 0.6) is 0 Å². The Labute approximate surface area is 136 Å². The maximum atomic E-state index is 12.6. The summed E-state index contributed by atoms with van der Waals surface area (Å²) in [6, 6.07) is 6.54. The zero-order valence-corrected chi connectivity index (χ0v) is 13.7. The van der Waals surface area contributed by atoms with Crippen LogP contribution >= 0.6 is 0 Å². The van der Waals surface area contributed by atoms with Gasteiger partial charge in [-0.25, -0.2) is 4.79 Å². The predicted octanol–water partition coefficient (Wildman–Crippen LogP) is 2.25. The van der Waals surface area contributed by atoms with E-state index in [2.05, 4.69) is 16.7 Å². The second-order valence-electron chi connectivity index (χ2n) is 6.15. The van der Waals surface area contributed by atoms with Gasteiger partial charge in [0.15, 0.2) is 0 Å². The number of urea groups is 1. The molecule has 0 saturated carbocycles. The molecule has 0 aliphatic carbocycles. The molecule has 1 fully saturated rings. The summed E-state index contributed by atoms with van der Waals surface area (Å²) in [6.45, 7) is 6.78. The van der Waals surface area contributed by atoms with Crippen LogP contribution in [0, 0.1) is 24.2 Å². The third-order valence-corrected chi connectivity index (χ3v) is 3.98. The van der Waals surface area contributed by atoms with E-state index >= 15 is 0 Å². The van der Waals surface area contributed by atoms with Gasteiger partial charge in [-0.15, -0.1) is 0 Å². The quantitative estimate of drug-likeness (QED) is 0.897. The zero-order chi connectivity index (χ0) is 17.0. The Morgan fingerprint density at radius 2 is 2.26 bits per heavy atom. The van der Waals surface area contributed by atoms with Gasteiger partial charge in [-0.3, -0.25) is 4.79 Å². The van der Waals surface area contributed by atoms with Crippen molar-refractivity contribution in [2.24, 2.45) is 5.92 Å². The molecular formula is C17H22N4O2. The smallest absolute Gasteiger partial charge is 0.322 e. The van der Waals surface area contributed by atoms with Crippen molar-refractivity contribution in [3.63, 3.8) is 0 Å². The number of carbonyl (C=O) groups excluding carboxylic acids is 2. The number of hydrogen-bond acceptors (Lipinski definition) is 3. The molecule has 6 nitrogen and oxygen atoms in total. The number of nitrogens with zero attached hydrogens (tertiary/aromatic N) is 2. The number of hydrogen-bond donors (Lipinski definition) is 2. The lowest BCUT2D eigenvalue weighted by Gasteiger charge is -2.36. The number of carbonyl (C=O) groups is 2. The third kappa shape index (κ3) is 3.81. The highest BCUT2D eigenvalue weighted by atomic mass is 16.2. The molecule has 23 heavy (non-hydrogen) atoms. The first kappa shape index (κ1) is 16.8. The van der Waals surface area contributed by atoms with E-state index in [9.17, 15) is 9.59 Å².